The Kier molecular flexibility index (Phi) is 2.82. The molecule has 4 heteroatoms. The standard InChI is InChI=1S/C11H12ClNO2/c1-8-7-13(11(14)6-12)9-4-2-3-5-10(9)15-8/h2-5,8H,6-7H2,1H3. The molecule has 1 unspecified atom stereocenters. The summed E-state index contributed by atoms with van der Waals surface area (Å²) in [6.45, 7) is 2.49. The Morgan fingerprint density at radius 3 is 3.07 bits per heavy atom. The van der Waals surface area contributed by atoms with Crippen LogP contribution in [0.1, 0.15) is 6.92 Å². The minimum Gasteiger partial charge on any atom is -0.487 e. The van der Waals surface area contributed by atoms with Crippen molar-refractivity contribution in [3.8, 4) is 5.75 Å². The highest BCUT2D eigenvalue weighted by Crippen LogP contribution is 2.32. The average molecular weight is 226 g/mol. The van der Waals surface area contributed by atoms with E-state index in [1.165, 1.54) is 0 Å². The zero-order chi connectivity index (χ0) is 10.8. The van der Waals surface area contributed by atoms with Crippen molar-refractivity contribution >= 4 is 23.2 Å². The van der Waals surface area contributed by atoms with Crippen LogP contribution in [0.3, 0.4) is 0 Å². The lowest BCUT2D eigenvalue weighted by Gasteiger charge is -2.32. The van der Waals surface area contributed by atoms with Crippen LogP contribution in [0.5, 0.6) is 5.75 Å². The van der Waals surface area contributed by atoms with Crippen molar-refractivity contribution in [2.45, 2.75) is 13.0 Å². The second kappa shape index (κ2) is 4.11. The zero-order valence-electron chi connectivity index (χ0n) is 8.44. The van der Waals surface area contributed by atoms with Crippen LogP contribution in [0.2, 0.25) is 0 Å². The Morgan fingerprint density at radius 1 is 1.60 bits per heavy atom. The van der Waals surface area contributed by atoms with E-state index in [-0.39, 0.29) is 17.9 Å². The highest BCUT2D eigenvalue weighted by molar-refractivity contribution is 6.29. The summed E-state index contributed by atoms with van der Waals surface area (Å²) in [4.78, 5) is 13.3. The average Bonchev–Trinajstić information content (AvgIpc) is 2.26. The number of para-hydroxylation sites is 2. The van der Waals surface area contributed by atoms with Crippen LogP contribution in [-0.2, 0) is 4.79 Å². The molecule has 1 atom stereocenters. The SMILES string of the molecule is CC1CN(C(=O)CCl)c2ccccc2O1. The number of fused-ring (bicyclic) bond motifs is 1. The van der Waals surface area contributed by atoms with Gasteiger partial charge in [-0.2, -0.15) is 0 Å². The molecule has 0 N–H and O–H groups in total. The molecule has 0 aliphatic carbocycles. The summed E-state index contributed by atoms with van der Waals surface area (Å²) in [5.41, 5.74) is 0.807. The molecule has 1 aliphatic rings. The lowest BCUT2D eigenvalue weighted by atomic mass is 10.2. The van der Waals surface area contributed by atoms with Crippen LogP contribution in [-0.4, -0.2) is 24.4 Å². The van der Waals surface area contributed by atoms with Crippen molar-refractivity contribution in [1.29, 1.82) is 0 Å². The number of rotatable bonds is 1. The first-order valence-corrected chi connectivity index (χ1v) is 5.38. The number of nitrogens with zero attached hydrogens (tertiary/aromatic N) is 1. The molecule has 1 aliphatic heterocycles. The number of alkyl halides is 1. The lowest BCUT2D eigenvalue weighted by molar-refractivity contribution is -0.116. The molecule has 0 aromatic heterocycles. The van der Waals surface area contributed by atoms with Crippen LogP contribution in [0.4, 0.5) is 5.69 Å². The number of halogens is 1. The second-order valence-corrected chi connectivity index (χ2v) is 3.80. The van der Waals surface area contributed by atoms with Gasteiger partial charge in [0.15, 0.2) is 0 Å². The van der Waals surface area contributed by atoms with E-state index in [2.05, 4.69) is 0 Å². The molecule has 1 amide bonds. The normalized spacial score (nSPS) is 19.3. The summed E-state index contributed by atoms with van der Waals surface area (Å²) in [6.07, 6.45) is 0.00654. The number of amides is 1. The van der Waals surface area contributed by atoms with Gasteiger partial charge in [0.1, 0.15) is 17.7 Å². The van der Waals surface area contributed by atoms with Gasteiger partial charge in [-0.1, -0.05) is 12.1 Å². The van der Waals surface area contributed by atoms with Crippen molar-refractivity contribution < 1.29 is 9.53 Å². The first-order chi connectivity index (χ1) is 7.22. The number of carbonyl (C=O) groups is 1. The maximum Gasteiger partial charge on any atom is 0.242 e. The predicted molar refractivity (Wildman–Crippen MR) is 59.6 cm³/mol. The summed E-state index contributed by atoms with van der Waals surface area (Å²) >= 11 is 5.57. The Balaban J connectivity index is 2.38. The molecule has 15 heavy (non-hydrogen) atoms. The minimum atomic E-state index is -0.0840. The van der Waals surface area contributed by atoms with Gasteiger partial charge in [-0.25, -0.2) is 0 Å². The van der Waals surface area contributed by atoms with Gasteiger partial charge in [-0.15, -0.1) is 11.6 Å². The molecule has 0 saturated carbocycles. The van der Waals surface area contributed by atoms with E-state index < -0.39 is 0 Å². The van der Waals surface area contributed by atoms with E-state index in [1.807, 2.05) is 31.2 Å². The first kappa shape index (κ1) is 10.3. The third-order valence-corrected chi connectivity index (χ3v) is 2.57. The molecule has 0 spiro atoms. The molecule has 1 heterocycles. The third kappa shape index (κ3) is 1.92. The van der Waals surface area contributed by atoms with Gasteiger partial charge in [-0.05, 0) is 19.1 Å². The lowest BCUT2D eigenvalue weighted by Crippen LogP contribution is -2.42. The molecule has 0 saturated heterocycles. The number of carbonyl (C=O) groups excluding carboxylic acids is 1. The molecule has 1 aromatic rings. The minimum absolute atomic E-state index is 0.00105. The molecule has 0 radical (unpaired) electrons. The summed E-state index contributed by atoms with van der Waals surface area (Å²) < 4.78 is 5.62. The highest BCUT2D eigenvalue weighted by atomic mass is 35.5. The quantitative estimate of drug-likeness (QED) is 0.685. The second-order valence-electron chi connectivity index (χ2n) is 3.53. The van der Waals surface area contributed by atoms with Gasteiger partial charge in [0.2, 0.25) is 5.91 Å². The molecule has 0 fully saturated rings. The fraction of sp³-hybridized carbons (Fsp3) is 0.364. The van der Waals surface area contributed by atoms with Gasteiger partial charge in [0, 0.05) is 0 Å². The first-order valence-electron chi connectivity index (χ1n) is 4.84. The number of ether oxygens (including phenoxy) is 1. The van der Waals surface area contributed by atoms with Crippen molar-refractivity contribution in [1.82, 2.24) is 0 Å². The smallest absolute Gasteiger partial charge is 0.242 e. The Morgan fingerprint density at radius 2 is 2.33 bits per heavy atom. The third-order valence-electron chi connectivity index (χ3n) is 2.34. The van der Waals surface area contributed by atoms with Gasteiger partial charge in [-0.3, -0.25) is 4.79 Å². The van der Waals surface area contributed by atoms with Crippen LogP contribution in [0, 0.1) is 0 Å². The van der Waals surface area contributed by atoms with E-state index in [1.54, 1.807) is 4.90 Å². The molecule has 0 bridgehead atoms. The molecular formula is C11H12ClNO2. The van der Waals surface area contributed by atoms with E-state index in [9.17, 15) is 4.79 Å². The zero-order valence-corrected chi connectivity index (χ0v) is 9.20. The van der Waals surface area contributed by atoms with Crippen LogP contribution in [0.25, 0.3) is 0 Å². The van der Waals surface area contributed by atoms with Gasteiger partial charge >= 0.3 is 0 Å². The van der Waals surface area contributed by atoms with E-state index in [4.69, 9.17) is 16.3 Å². The number of benzene rings is 1. The van der Waals surface area contributed by atoms with Crippen LogP contribution >= 0.6 is 11.6 Å². The highest BCUT2D eigenvalue weighted by Gasteiger charge is 2.26. The number of hydrogen-bond donors (Lipinski definition) is 0. The van der Waals surface area contributed by atoms with E-state index in [0.29, 0.717) is 6.54 Å². The van der Waals surface area contributed by atoms with Crippen LogP contribution in [0.15, 0.2) is 24.3 Å². The van der Waals surface area contributed by atoms with Gasteiger partial charge in [0.05, 0.1) is 12.2 Å². The summed E-state index contributed by atoms with van der Waals surface area (Å²) in [5, 5.41) is 0. The van der Waals surface area contributed by atoms with Gasteiger partial charge in [0.25, 0.3) is 0 Å². The molecule has 80 valence electrons. The Bertz CT molecular complexity index is 381. The maximum atomic E-state index is 11.6. The molecule has 3 nitrogen and oxygen atoms in total. The van der Waals surface area contributed by atoms with Gasteiger partial charge < -0.3 is 9.64 Å². The van der Waals surface area contributed by atoms with E-state index >= 15 is 0 Å². The Labute approximate surface area is 93.6 Å². The van der Waals surface area contributed by atoms with E-state index in [0.717, 1.165) is 11.4 Å². The summed E-state index contributed by atoms with van der Waals surface area (Å²) in [6, 6.07) is 7.50. The van der Waals surface area contributed by atoms with Crippen molar-refractivity contribution in [2.24, 2.45) is 0 Å². The van der Waals surface area contributed by atoms with Crippen molar-refractivity contribution in [3.05, 3.63) is 24.3 Å². The fourth-order valence-corrected chi connectivity index (χ4v) is 1.84. The summed E-state index contributed by atoms with van der Waals surface area (Å²) in [5.74, 6) is 0.662. The maximum absolute atomic E-state index is 11.6. The summed E-state index contributed by atoms with van der Waals surface area (Å²) in [7, 11) is 0. The molecular weight excluding hydrogens is 214 g/mol. The molecule has 2 rings (SSSR count). The number of anilines is 1. The molecule has 1 aromatic carbocycles. The topological polar surface area (TPSA) is 29.5 Å². The Hall–Kier alpha value is -1.22. The van der Waals surface area contributed by atoms with Crippen molar-refractivity contribution in [2.75, 3.05) is 17.3 Å². The monoisotopic (exact) mass is 225 g/mol. The largest absolute Gasteiger partial charge is 0.487 e. The predicted octanol–water partition coefficient (Wildman–Crippen LogP) is 2.04. The number of hydrogen-bond acceptors (Lipinski definition) is 2. The van der Waals surface area contributed by atoms with Crippen LogP contribution < -0.4 is 9.64 Å². The fourth-order valence-electron chi connectivity index (χ4n) is 1.70. The van der Waals surface area contributed by atoms with Crippen molar-refractivity contribution in [3.63, 3.8) is 0 Å².